The molecule has 0 amide bonds. The number of allylic oxidation sites excluding steroid dienone is 1. The molecule has 3 rings (SSSR count). The average molecular weight is 250 g/mol. The first-order chi connectivity index (χ1) is 9.31. The number of benzene rings is 2. The number of hydrogen-bond acceptors (Lipinski definition) is 2. The maximum absolute atomic E-state index is 5.62. The van der Waals surface area contributed by atoms with E-state index in [1.54, 1.807) is 0 Å². The van der Waals surface area contributed by atoms with Crippen molar-refractivity contribution in [2.75, 3.05) is 0 Å². The Labute approximate surface area is 113 Å². The minimum Gasteiger partial charge on any atom is -0.242 e. The Morgan fingerprint density at radius 3 is 2.47 bits per heavy atom. The molecule has 2 heteroatoms. The summed E-state index contributed by atoms with van der Waals surface area (Å²) in [6.07, 6.45) is 7.15. The third-order valence-corrected chi connectivity index (χ3v) is 3.48. The summed E-state index contributed by atoms with van der Waals surface area (Å²) in [4.78, 5) is 0. The highest BCUT2D eigenvalue weighted by molar-refractivity contribution is 5.95. The molecule has 0 bridgehead atoms. The van der Waals surface area contributed by atoms with Crippen molar-refractivity contribution < 1.29 is 0 Å². The average Bonchev–Trinajstić information content (AvgIpc) is 2.43. The lowest BCUT2D eigenvalue weighted by Crippen LogP contribution is -2.00. The van der Waals surface area contributed by atoms with E-state index in [2.05, 4.69) is 55.5 Å². The van der Waals surface area contributed by atoms with E-state index in [-0.39, 0.29) is 0 Å². The van der Waals surface area contributed by atoms with Gasteiger partial charge in [0.05, 0.1) is 6.01 Å². The Morgan fingerprint density at radius 1 is 1.11 bits per heavy atom. The van der Waals surface area contributed by atoms with E-state index in [0.29, 0.717) is 5.92 Å². The van der Waals surface area contributed by atoms with Gasteiger partial charge in [0.25, 0.3) is 0 Å². The summed E-state index contributed by atoms with van der Waals surface area (Å²) in [5.41, 5.74) is 2.89. The van der Waals surface area contributed by atoms with E-state index in [9.17, 15) is 0 Å². The molecule has 0 spiro atoms. The Kier molecular flexibility index (Phi) is 4.27. The molecule has 2 aromatic carbocycles. The normalized spacial score (nSPS) is 15.5. The molecule has 0 heterocycles. The lowest BCUT2D eigenvalue weighted by Gasteiger charge is -2.20. The fourth-order valence-corrected chi connectivity index (χ4v) is 2.73. The zero-order chi connectivity index (χ0) is 13.7. The lowest BCUT2D eigenvalue weighted by atomic mass is 9.84. The SMILES string of the molecule is CCCC1C=Cc2cccc3cccc1c23.N=C=N. The van der Waals surface area contributed by atoms with Gasteiger partial charge in [-0.05, 0) is 28.3 Å². The fraction of sp³-hybridized carbons (Fsp3) is 0.235. The van der Waals surface area contributed by atoms with E-state index in [0.717, 1.165) is 0 Å². The van der Waals surface area contributed by atoms with Crippen molar-refractivity contribution >= 4 is 22.9 Å². The van der Waals surface area contributed by atoms with Crippen molar-refractivity contribution in [1.82, 2.24) is 0 Å². The molecule has 0 radical (unpaired) electrons. The second kappa shape index (κ2) is 6.12. The van der Waals surface area contributed by atoms with Crippen LogP contribution in [0.1, 0.15) is 36.8 Å². The predicted molar refractivity (Wildman–Crippen MR) is 81.1 cm³/mol. The predicted octanol–water partition coefficient (Wildman–Crippen LogP) is 5.07. The van der Waals surface area contributed by atoms with E-state index in [1.165, 1.54) is 40.7 Å². The lowest BCUT2D eigenvalue weighted by molar-refractivity contribution is 0.722. The van der Waals surface area contributed by atoms with Gasteiger partial charge in [-0.25, -0.2) is 10.8 Å². The van der Waals surface area contributed by atoms with Crippen LogP contribution in [0.3, 0.4) is 0 Å². The largest absolute Gasteiger partial charge is 0.242 e. The molecule has 2 nitrogen and oxygen atoms in total. The van der Waals surface area contributed by atoms with Crippen molar-refractivity contribution in [3.05, 3.63) is 53.6 Å². The standard InChI is InChI=1S/C16H16.CH2N2/c1-2-5-12-10-11-14-7-3-6-13-8-4-9-15(12)16(13)14;2-1-3/h3-4,6-12H,2,5H2,1H3;2-3H. The van der Waals surface area contributed by atoms with E-state index in [4.69, 9.17) is 10.8 Å². The highest BCUT2D eigenvalue weighted by Crippen LogP contribution is 2.36. The molecule has 1 unspecified atom stereocenters. The van der Waals surface area contributed by atoms with Gasteiger partial charge in [-0.15, -0.1) is 0 Å². The van der Waals surface area contributed by atoms with Crippen LogP contribution >= 0.6 is 0 Å². The molecule has 2 aromatic rings. The van der Waals surface area contributed by atoms with Crippen LogP contribution in [0.4, 0.5) is 0 Å². The molecule has 19 heavy (non-hydrogen) atoms. The number of rotatable bonds is 2. The maximum atomic E-state index is 5.62. The highest BCUT2D eigenvalue weighted by atomic mass is 14.4. The van der Waals surface area contributed by atoms with Crippen LogP contribution < -0.4 is 0 Å². The van der Waals surface area contributed by atoms with Gasteiger partial charge in [-0.2, -0.15) is 0 Å². The molecule has 96 valence electrons. The van der Waals surface area contributed by atoms with E-state index in [1.807, 2.05) is 0 Å². The Bertz CT molecular complexity index is 630. The molecule has 2 N–H and O–H groups in total. The molecule has 1 aliphatic rings. The molecule has 0 fully saturated rings. The monoisotopic (exact) mass is 250 g/mol. The van der Waals surface area contributed by atoms with Gasteiger partial charge in [0.15, 0.2) is 0 Å². The van der Waals surface area contributed by atoms with Gasteiger partial charge in [0.2, 0.25) is 0 Å². The van der Waals surface area contributed by atoms with E-state index >= 15 is 0 Å². The molecule has 0 aliphatic heterocycles. The quantitative estimate of drug-likeness (QED) is 0.699. The summed E-state index contributed by atoms with van der Waals surface area (Å²) >= 11 is 0. The van der Waals surface area contributed by atoms with Gasteiger partial charge in [-0.3, -0.25) is 0 Å². The molecule has 0 saturated heterocycles. The van der Waals surface area contributed by atoms with Gasteiger partial charge in [0, 0.05) is 5.92 Å². The summed E-state index contributed by atoms with van der Waals surface area (Å²) in [7, 11) is 0. The summed E-state index contributed by atoms with van der Waals surface area (Å²) in [6.45, 7) is 2.26. The molecule has 1 aliphatic carbocycles. The number of hydrogen-bond donors (Lipinski definition) is 2. The third kappa shape index (κ3) is 2.64. The Balaban J connectivity index is 0.000000408. The molecular weight excluding hydrogens is 232 g/mol. The first-order valence-electron chi connectivity index (χ1n) is 6.60. The van der Waals surface area contributed by atoms with Crippen LogP contribution in [0.5, 0.6) is 0 Å². The van der Waals surface area contributed by atoms with Crippen LogP contribution in [0.2, 0.25) is 0 Å². The zero-order valence-corrected chi connectivity index (χ0v) is 11.1. The molecule has 0 aromatic heterocycles. The van der Waals surface area contributed by atoms with Crippen LogP contribution in [0.25, 0.3) is 16.8 Å². The second-order valence-corrected chi connectivity index (χ2v) is 4.67. The zero-order valence-electron chi connectivity index (χ0n) is 11.1. The maximum Gasteiger partial charge on any atom is 0.0831 e. The van der Waals surface area contributed by atoms with Crippen molar-refractivity contribution in [2.24, 2.45) is 0 Å². The van der Waals surface area contributed by atoms with Crippen molar-refractivity contribution in [3.63, 3.8) is 0 Å². The topological polar surface area (TPSA) is 47.7 Å². The van der Waals surface area contributed by atoms with Crippen LogP contribution in [-0.2, 0) is 0 Å². The second-order valence-electron chi connectivity index (χ2n) is 4.67. The van der Waals surface area contributed by atoms with Gasteiger partial charge in [-0.1, -0.05) is 61.9 Å². The van der Waals surface area contributed by atoms with Crippen molar-refractivity contribution in [1.29, 1.82) is 10.8 Å². The van der Waals surface area contributed by atoms with E-state index < -0.39 is 0 Å². The minimum absolute atomic E-state index is 0.614. The van der Waals surface area contributed by atoms with Gasteiger partial charge in [0.1, 0.15) is 0 Å². The first-order valence-corrected chi connectivity index (χ1v) is 6.60. The Morgan fingerprint density at radius 2 is 1.79 bits per heavy atom. The molecular formula is C17H18N2. The summed E-state index contributed by atoms with van der Waals surface area (Å²) in [5.74, 6) is 0.614. The summed E-state index contributed by atoms with van der Waals surface area (Å²) in [5, 5.41) is 14.1. The summed E-state index contributed by atoms with van der Waals surface area (Å²) in [6, 6.07) is 14.5. The van der Waals surface area contributed by atoms with Gasteiger partial charge >= 0.3 is 0 Å². The van der Waals surface area contributed by atoms with Crippen molar-refractivity contribution in [2.45, 2.75) is 25.7 Å². The third-order valence-electron chi connectivity index (χ3n) is 3.48. The smallest absolute Gasteiger partial charge is 0.0831 e. The number of nitrogens with one attached hydrogen (secondary N) is 2. The molecule has 1 atom stereocenters. The van der Waals surface area contributed by atoms with Crippen LogP contribution in [-0.4, -0.2) is 6.01 Å². The first kappa shape index (κ1) is 13.3. The van der Waals surface area contributed by atoms with Gasteiger partial charge < -0.3 is 0 Å². The van der Waals surface area contributed by atoms with Crippen molar-refractivity contribution in [3.8, 4) is 0 Å². The minimum atomic E-state index is 0.614. The van der Waals surface area contributed by atoms with Crippen LogP contribution in [0, 0.1) is 10.8 Å². The highest BCUT2D eigenvalue weighted by Gasteiger charge is 2.15. The molecule has 0 saturated carbocycles. The summed E-state index contributed by atoms with van der Waals surface area (Å²) < 4.78 is 0. The fourth-order valence-electron chi connectivity index (χ4n) is 2.73. The van der Waals surface area contributed by atoms with Crippen LogP contribution in [0.15, 0.2) is 42.5 Å². The Hall–Kier alpha value is -2.18.